The van der Waals surface area contributed by atoms with Gasteiger partial charge in [-0.2, -0.15) is 0 Å². The van der Waals surface area contributed by atoms with Gasteiger partial charge in [0, 0.05) is 43.6 Å². The Bertz CT molecular complexity index is 623. The number of para-hydroxylation sites is 1. The summed E-state index contributed by atoms with van der Waals surface area (Å²) in [6.45, 7) is 3.81. The van der Waals surface area contributed by atoms with E-state index < -0.39 is 0 Å². The average molecular weight is 334 g/mol. The van der Waals surface area contributed by atoms with Crippen LogP contribution in [0.5, 0.6) is 5.75 Å². The van der Waals surface area contributed by atoms with E-state index in [0.29, 0.717) is 23.7 Å². The third-order valence-electron chi connectivity index (χ3n) is 6.08. The molecule has 1 aromatic carbocycles. The summed E-state index contributed by atoms with van der Waals surface area (Å²) in [6, 6.07) is 5.18. The van der Waals surface area contributed by atoms with Crippen molar-refractivity contribution in [1.82, 2.24) is 9.80 Å². The molecule has 24 heavy (non-hydrogen) atoms. The van der Waals surface area contributed by atoms with Gasteiger partial charge in [-0.1, -0.05) is 12.1 Å². The summed E-state index contributed by atoms with van der Waals surface area (Å²) in [6.07, 6.45) is 2.79. The standard InChI is InChI=1S/C19H27FN2O2/c1-21(2)10-14-15-11-22(12-19(15)8-7-17(14)24-19)9-13-5-4-6-16(20)18(13)23-3/h4-6,14-15,17H,7-12H2,1-3H3/t14-,15+,17+,19+/m0/s1. The van der Waals surface area contributed by atoms with E-state index in [1.807, 2.05) is 6.07 Å². The van der Waals surface area contributed by atoms with Crippen molar-refractivity contribution >= 4 is 0 Å². The predicted octanol–water partition coefficient (Wildman–Crippen LogP) is 2.38. The minimum absolute atomic E-state index is 0.0336. The van der Waals surface area contributed by atoms with E-state index in [1.165, 1.54) is 26.0 Å². The van der Waals surface area contributed by atoms with Gasteiger partial charge in [0.25, 0.3) is 0 Å². The number of hydrogen-bond acceptors (Lipinski definition) is 4. The van der Waals surface area contributed by atoms with Crippen LogP contribution >= 0.6 is 0 Å². The van der Waals surface area contributed by atoms with E-state index in [0.717, 1.165) is 31.7 Å². The molecule has 1 spiro atoms. The lowest BCUT2D eigenvalue weighted by molar-refractivity contribution is 0.00139. The van der Waals surface area contributed by atoms with Gasteiger partial charge in [-0.15, -0.1) is 0 Å². The highest BCUT2D eigenvalue weighted by atomic mass is 19.1. The van der Waals surface area contributed by atoms with Gasteiger partial charge in [0.2, 0.25) is 0 Å². The van der Waals surface area contributed by atoms with E-state index in [9.17, 15) is 4.39 Å². The van der Waals surface area contributed by atoms with Gasteiger partial charge in [0.15, 0.2) is 11.6 Å². The SMILES string of the molecule is COc1c(F)cccc1CN1C[C@@H]2[C@H](CN(C)C)[C@H]3CC[C@]2(C1)O3. The normalized spacial score (nSPS) is 35.0. The van der Waals surface area contributed by atoms with Gasteiger partial charge >= 0.3 is 0 Å². The zero-order chi connectivity index (χ0) is 16.9. The number of rotatable bonds is 5. The Balaban J connectivity index is 1.52. The highest BCUT2D eigenvalue weighted by Crippen LogP contribution is 2.55. The maximum absolute atomic E-state index is 13.9. The summed E-state index contributed by atoms with van der Waals surface area (Å²) in [5.41, 5.74) is 0.957. The molecule has 0 aromatic heterocycles. The number of ether oxygens (including phenoxy) is 2. The van der Waals surface area contributed by atoms with Crippen LogP contribution in [0.3, 0.4) is 0 Å². The van der Waals surface area contributed by atoms with Crippen molar-refractivity contribution in [3.05, 3.63) is 29.6 Å². The number of hydrogen-bond donors (Lipinski definition) is 0. The molecule has 4 atom stereocenters. The highest BCUT2D eigenvalue weighted by molar-refractivity contribution is 5.35. The van der Waals surface area contributed by atoms with Crippen LogP contribution in [-0.4, -0.2) is 62.3 Å². The topological polar surface area (TPSA) is 24.9 Å². The first kappa shape index (κ1) is 16.3. The molecule has 0 saturated carbocycles. The van der Waals surface area contributed by atoms with Crippen molar-refractivity contribution < 1.29 is 13.9 Å². The smallest absolute Gasteiger partial charge is 0.165 e. The Morgan fingerprint density at radius 3 is 3.00 bits per heavy atom. The van der Waals surface area contributed by atoms with Crippen LogP contribution < -0.4 is 4.74 Å². The molecule has 0 aliphatic carbocycles. The maximum Gasteiger partial charge on any atom is 0.165 e. The minimum atomic E-state index is -0.282. The highest BCUT2D eigenvalue weighted by Gasteiger charge is 2.62. The Kier molecular flexibility index (Phi) is 4.06. The van der Waals surface area contributed by atoms with Crippen molar-refractivity contribution in [3.8, 4) is 5.75 Å². The number of nitrogens with zero attached hydrogens (tertiary/aromatic N) is 2. The molecule has 4 rings (SSSR count). The molecule has 4 nitrogen and oxygen atoms in total. The molecule has 0 unspecified atom stereocenters. The third-order valence-corrected chi connectivity index (χ3v) is 6.08. The summed E-state index contributed by atoms with van der Waals surface area (Å²) in [4.78, 5) is 4.70. The first-order chi connectivity index (χ1) is 11.5. The predicted molar refractivity (Wildman–Crippen MR) is 90.6 cm³/mol. The molecule has 3 aliphatic heterocycles. The second-order valence-electron chi connectivity index (χ2n) is 7.89. The summed E-state index contributed by atoms with van der Waals surface area (Å²) >= 11 is 0. The Morgan fingerprint density at radius 2 is 2.25 bits per heavy atom. The van der Waals surface area contributed by atoms with Crippen LogP contribution in [-0.2, 0) is 11.3 Å². The molecule has 0 N–H and O–H groups in total. The average Bonchev–Trinajstić information content (AvgIpc) is 3.16. The second kappa shape index (κ2) is 5.97. The van der Waals surface area contributed by atoms with Gasteiger partial charge in [0.05, 0.1) is 18.8 Å². The number of benzene rings is 1. The van der Waals surface area contributed by atoms with Gasteiger partial charge in [0.1, 0.15) is 0 Å². The van der Waals surface area contributed by atoms with Crippen LogP contribution in [0.2, 0.25) is 0 Å². The molecular formula is C19H27FN2O2. The molecule has 0 radical (unpaired) electrons. The van der Waals surface area contributed by atoms with E-state index in [4.69, 9.17) is 9.47 Å². The largest absolute Gasteiger partial charge is 0.493 e. The van der Waals surface area contributed by atoms with Gasteiger partial charge in [-0.25, -0.2) is 4.39 Å². The molecule has 0 amide bonds. The summed E-state index contributed by atoms with van der Waals surface area (Å²) < 4.78 is 25.7. The Labute approximate surface area is 143 Å². The maximum atomic E-state index is 13.9. The fourth-order valence-corrected chi connectivity index (χ4v) is 5.22. The summed E-state index contributed by atoms with van der Waals surface area (Å²) in [5.74, 6) is 1.31. The molecule has 132 valence electrons. The summed E-state index contributed by atoms with van der Waals surface area (Å²) in [7, 11) is 5.82. The molecule has 3 aliphatic rings. The van der Waals surface area contributed by atoms with Crippen molar-refractivity contribution in [1.29, 1.82) is 0 Å². The number of fused-ring (bicyclic) bond motifs is 1. The lowest BCUT2D eigenvalue weighted by Gasteiger charge is -2.31. The number of halogens is 1. The van der Waals surface area contributed by atoms with E-state index >= 15 is 0 Å². The fourth-order valence-electron chi connectivity index (χ4n) is 5.22. The summed E-state index contributed by atoms with van der Waals surface area (Å²) in [5, 5.41) is 0. The first-order valence-electron chi connectivity index (χ1n) is 8.89. The van der Waals surface area contributed by atoms with Crippen LogP contribution in [0.15, 0.2) is 18.2 Å². The van der Waals surface area contributed by atoms with Crippen LogP contribution in [0.25, 0.3) is 0 Å². The van der Waals surface area contributed by atoms with Gasteiger partial charge < -0.3 is 14.4 Å². The number of likely N-dealkylation sites (tertiary alicyclic amines) is 1. The molecule has 3 heterocycles. The zero-order valence-electron chi connectivity index (χ0n) is 14.8. The Morgan fingerprint density at radius 1 is 1.42 bits per heavy atom. The molecule has 1 aromatic rings. The Hall–Kier alpha value is -1.17. The van der Waals surface area contributed by atoms with Crippen LogP contribution in [0, 0.1) is 17.7 Å². The van der Waals surface area contributed by atoms with Crippen molar-refractivity contribution in [3.63, 3.8) is 0 Å². The van der Waals surface area contributed by atoms with Crippen molar-refractivity contribution in [2.75, 3.05) is 40.8 Å². The lowest BCUT2D eigenvalue weighted by Crippen LogP contribution is -2.40. The molecule has 3 saturated heterocycles. The van der Waals surface area contributed by atoms with E-state index in [2.05, 4.69) is 23.9 Å². The quantitative estimate of drug-likeness (QED) is 0.825. The van der Waals surface area contributed by atoms with Crippen LogP contribution in [0.4, 0.5) is 4.39 Å². The second-order valence-corrected chi connectivity index (χ2v) is 7.89. The molecule has 5 heteroatoms. The van der Waals surface area contributed by atoms with Crippen LogP contribution in [0.1, 0.15) is 18.4 Å². The number of methoxy groups -OCH3 is 1. The minimum Gasteiger partial charge on any atom is -0.493 e. The molecule has 3 fully saturated rings. The zero-order valence-corrected chi connectivity index (χ0v) is 14.8. The van der Waals surface area contributed by atoms with E-state index in [-0.39, 0.29) is 11.4 Å². The lowest BCUT2D eigenvalue weighted by atomic mass is 9.73. The van der Waals surface area contributed by atoms with E-state index in [1.54, 1.807) is 6.07 Å². The van der Waals surface area contributed by atoms with Gasteiger partial charge in [-0.05, 0) is 33.0 Å². The van der Waals surface area contributed by atoms with Crippen molar-refractivity contribution in [2.45, 2.75) is 31.1 Å². The first-order valence-corrected chi connectivity index (χ1v) is 8.89. The molecular weight excluding hydrogens is 307 g/mol. The van der Waals surface area contributed by atoms with Crippen molar-refractivity contribution in [2.24, 2.45) is 11.8 Å². The van der Waals surface area contributed by atoms with Gasteiger partial charge in [-0.3, -0.25) is 4.90 Å². The molecule has 2 bridgehead atoms. The monoisotopic (exact) mass is 334 g/mol. The third kappa shape index (κ3) is 2.54. The fraction of sp³-hybridized carbons (Fsp3) is 0.684.